The molecule has 0 aliphatic carbocycles. The van der Waals surface area contributed by atoms with E-state index in [0.29, 0.717) is 18.7 Å². The molecule has 4 unspecified atom stereocenters. The molecule has 0 saturated carbocycles. The average molecular weight is 731 g/mol. The van der Waals surface area contributed by atoms with Gasteiger partial charge in [0.2, 0.25) is 0 Å². The van der Waals surface area contributed by atoms with Gasteiger partial charge >= 0.3 is 5.97 Å². The van der Waals surface area contributed by atoms with Crippen molar-refractivity contribution in [3.63, 3.8) is 0 Å². The number of hydrogen-bond acceptors (Lipinski definition) is 14. The Kier molecular flexibility index (Phi) is 13.4. The lowest BCUT2D eigenvalue weighted by molar-refractivity contribution is -0.315. The minimum Gasteiger partial charge on any atom is -0.472 e. The summed E-state index contributed by atoms with van der Waals surface area (Å²) in [7, 11) is 5.34. The Morgan fingerprint density at radius 1 is 1.06 bits per heavy atom. The van der Waals surface area contributed by atoms with Crippen molar-refractivity contribution < 1.29 is 58.4 Å². The molecular weight excluding hydrogens is 664 g/mol. The van der Waals surface area contributed by atoms with Gasteiger partial charge in [-0.25, -0.2) is 4.99 Å². The molecule has 0 aromatic rings. The van der Waals surface area contributed by atoms with Gasteiger partial charge in [0.25, 0.3) is 0 Å². The highest BCUT2D eigenvalue weighted by molar-refractivity contribution is 5.81. The number of aliphatic hydroxyl groups excluding tert-OH is 3. The van der Waals surface area contributed by atoms with E-state index < -0.39 is 96.0 Å². The zero-order valence-corrected chi connectivity index (χ0v) is 32.9. The molecule has 14 nitrogen and oxygen atoms in total. The smallest absolute Gasteiger partial charge is 0.311 e. The van der Waals surface area contributed by atoms with Crippen molar-refractivity contribution in [3.8, 4) is 0 Å². The van der Waals surface area contributed by atoms with Gasteiger partial charge in [-0.15, -0.1) is 0 Å². The molecule has 4 aliphatic heterocycles. The van der Waals surface area contributed by atoms with Gasteiger partial charge in [-0.1, -0.05) is 20.8 Å². The molecule has 3 saturated heterocycles. The normalized spacial score (nSPS) is 47.3. The van der Waals surface area contributed by atoms with E-state index in [9.17, 15) is 25.2 Å². The molecule has 296 valence electrons. The lowest BCUT2D eigenvalue weighted by atomic mass is 9.79. The topological polar surface area (TPSA) is 178 Å². The number of ether oxygens (including phenoxy) is 7. The molecule has 14 heteroatoms. The molecule has 0 spiro atoms. The van der Waals surface area contributed by atoms with Crippen molar-refractivity contribution in [1.82, 2.24) is 4.90 Å². The molecule has 0 radical (unpaired) electrons. The van der Waals surface area contributed by atoms with Crippen LogP contribution in [0.2, 0.25) is 0 Å². The minimum absolute atomic E-state index is 0.163. The summed E-state index contributed by atoms with van der Waals surface area (Å²) in [6.45, 7) is 17.9. The van der Waals surface area contributed by atoms with Gasteiger partial charge in [0.1, 0.15) is 29.5 Å². The van der Waals surface area contributed by atoms with Crippen LogP contribution in [0, 0.1) is 17.8 Å². The van der Waals surface area contributed by atoms with Crippen LogP contribution in [-0.4, -0.2) is 149 Å². The molecule has 4 rings (SSSR count). The Morgan fingerprint density at radius 3 is 2.29 bits per heavy atom. The zero-order chi connectivity index (χ0) is 38.4. The van der Waals surface area contributed by atoms with Crippen molar-refractivity contribution in [2.75, 3.05) is 21.2 Å². The van der Waals surface area contributed by atoms with Crippen LogP contribution < -0.4 is 0 Å². The van der Waals surface area contributed by atoms with Gasteiger partial charge in [-0.3, -0.25) is 4.79 Å². The summed E-state index contributed by atoms with van der Waals surface area (Å²) >= 11 is 0. The van der Waals surface area contributed by atoms with Gasteiger partial charge in [0, 0.05) is 37.8 Å². The molecule has 18 atom stereocenters. The maximum Gasteiger partial charge on any atom is 0.311 e. The molecule has 2 bridgehead atoms. The fraction of sp³-hybridized carbons (Fsp3) is 0.946. The number of carbonyl (C=O) groups excluding carboxylic acids is 1. The molecule has 4 heterocycles. The Labute approximate surface area is 304 Å². The van der Waals surface area contributed by atoms with Crippen LogP contribution in [0.5, 0.6) is 0 Å². The first-order chi connectivity index (χ1) is 23.6. The number of fused-ring (bicyclic) bond motifs is 2. The summed E-state index contributed by atoms with van der Waals surface area (Å²) in [6, 6.07) is -1.03. The maximum absolute atomic E-state index is 14.3. The van der Waals surface area contributed by atoms with Crippen molar-refractivity contribution in [2.24, 2.45) is 22.7 Å². The van der Waals surface area contributed by atoms with Crippen LogP contribution in [0.25, 0.3) is 0 Å². The summed E-state index contributed by atoms with van der Waals surface area (Å²) in [4.78, 5) is 21.1. The van der Waals surface area contributed by atoms with E-state index in [4.69, 9.17) is 38.2 Å². The number of carbonyl (C=O) groups is 1. The van der Waals surface area contributed by atoms with E-state index in [1.807, 2.05) is 46.7 Å². The van der Waals surface area contributed by atoms with Gasteiger partial charge in [0.05, 0.1) is 42.0 Å². The van der Waals surface area contributed by atoms with Crippen LogP contribution in [0.4, 0.5) is 0 Å². The second-order valence-electron chi connectivity index (χ2n) is 16.5. The highest BCUT2D eigenvalue weighted by Gasteiger charge is 2.56. The second-order valence-corrected chi connectivity index (χ2v) is 16.5. The first kappa shape index (κ1) is 42.3. The first-order valence-electron chi connectivity index (χ1n) is 18.7. The lowest BCUT2D eigenvalue weighted by Crippen LogP contribution is -2.60. The second kappa shape index (κ2) is 16.1. The number of rotatable bonds is 9. The molecule has 0 aromatic carbocycles. The maximum atomic E-state index is 14.3. The summed E-state index contributed by atoms with van der Waals surface area (Å²) in [5.74, 6) is -2.05. The largest absolute Gasteiger partial charge is 0.472 e. The quantitative estimate of drug-likeness (QED) is 0.255. The van der Waals surface area contributed by atoms with E-state index >= 15 is 0 Å². The number of aliphatic imine (C=N–C) groups is 1. The number of likely N-dealkylation sites (N-methyl/N-ethyl adjacent to an activating group) is 1. The van der Waals surface area contributed by atoms with Crippen molar-refractivity contribution in [2.45, 2.75) is 185 Å². The Morgan fingerprint density at radius 2 is 1.71 bits per heavy atom. The highest BCUT2D eigenvalue weighted by Crippen LogP contribution is 2.44. The van der Waals surface area contributed by atoms with Gasteiger partial charge in [0.15, 0.2) is 24.6 Å². The van der Waals surface area contributed by atoms with E-state index in [0.717, 1.165) is 0 Å². The van der Waals surface area contributed by atoms with Crippen LogP contribution in [-0.2, 0) is 38.0 Å². The summed E-state index contributed by atoms with van der Waals surface area (Å²) in [5.41, 5.74) is -3.87. The number of aliphatic hydroxyl groups is 4. The average Bonchev–Trinajstić information content (AvgIpc) is 3.35. The Bertz CT molecular complexity index is 1220. The van der Waals surface area contributed by atoms with Crippen LogP contribution in [0.15, 0.2) is 4.99 Å². The number of hydrogen-bond donors (Lipinski definition) is 4. The number of nitrogens with zero attached hydrogens (tertiary/aromatic N) is 2. The van der Waals surface area contributed by atoms with Crippen LogP contribution in [0.3, 0.4) is 0 Å². The molecule has 51 heavy (non-hydrogen) atoms. The molecule has 4 N–H and O–H groups in total. The third-order valence-corrected chi connectivity index (χ3v) is 11.9. The minimum atomic E-state index is -1.84. The highest BCUT2D eigenvalue weighted by atomic mass is 16.7. The van der Waals surface area contributed by atoms with Crippen LogP contribution in [0.1, 0.15) is 94.9 Å². The van der Waals surface area contributed by atoms with E-state index in [2.05, 4.69) is 0 Å². The Balaban J connectivity index is 1.84. The molecule has 0 amide bonds. The van der Waals surface area contributed by atoms with Gasteiger partial charge < -0.3 is 58.5 Å². The first-order valence-corrected chi connectivity index (χ1v) is 18.7. The molecular formula is C37H66N2O12. The summed E-state index contributed by atoms with van der Waals surface area (Å²) in [6.07, 6.45) is -7.39. The zero-order valence-electron chi connectivity index (χ0n) is 32.9. The fourth-order valence-corrected chi connectivity index (χ4v) is 8.61. The number of methoxy groups -OCH3 is 1. The Hall–Kier alpha value is -1.46. The van der Waals surface area contributed by atoms with Gasteiger partial charge in [-0.05, 0) is 75.4 Å². The van der Waals surface area contributed by atoms with Crippen LogP contribution >= 0.6 is 0 Å². The predicted molar refractivity (Wildman–Crippen MR) is 188 cm³/mol. The molecule has 0 aromatic heterocycles. The number of cyclic esters (lactones) is 1. The fourth-order valence-electron chi connectivity index (χ4n) is 8.61. The van der Waals surface area contributed by atoms with Crippen molar-refractivity contribution in [3.05, 3.63) is 0 Å². The van der Waals surface area contributed by atoms with E-state index in [1.54, 1.807) is 34.6 Å². The number of esters is 1. The monoisotopic (exact) mass is 730 g/mol. The van der Waals surface area contributed by atoms with Gasteiger partial charge in [-0.2, -0.15) is 0 Å². The van der Waals surface area contributed by atoms with E-state index in [1.165, 1.54) is 14.0 Å². The van der Waals surface area contributed by atoms with E-state index in [-0.39, 0.29) is 30.9 Å². The lowest BCUT2D eigenvalue weighted by Gasteiger charge is -2.48. The van der Waals surface area contributed by atoms with Crippen molar-refractivity contribution in [1.29, 1.82) is 0 Å². The third-order valence-electron chi connectivity index (χ3n) is 11.9. The molecule has 4 aliphatic rings. The SMILES string of the molecule is CC[C@@H](O)[C@@](C)(O)C1OC(=O)[C@H](C)[C@@H](O[C@H]2C[C@](C)(OC)[C@@H](O)C(C)O2)[C@H](C)[C@@H](O[C@@H]2OC(C)C[C@H](N(C)C)C2O)[C@@]2(C)C[C@@H](C)C(=N[C@@H]1C)O2. The third kappa shape index (κ3) is 8.60. The summed E-state index contributed by atoms with van der Waals surface area (Å²) < 4.78 is 44.6. The summed E-state index contributed by atoms with van der Waals surface area (Å²) in [5, 5.41) is 45.0. The standard InChI is InChI=1S/C37H66N2O12/c1-14-25(40)37(10,44)31-22(6)38-32-18(2)16-36(9,51-32)30(50-34-27(41)24(39(11)12)15-19(3)46-34)20(4)28(21(5)33(43)49-31)48-26-17-35(8,45-13)29(42)23(7)47-26/h18-31,34,40-42,44H,14-17H2,1-13H3/t18-,19?,20+,21-,22-,23?,24+,25-,26+,27?,28+,29+,30-,31?,34+,35+,36-,37-/m1/s1. The van der Waals surface area contributed by atoms with Crippen molar-refractivity contribution >= 4 is 11.9 Å². The predicted octanol–water partition coefficient (Wildman–Crippen LogP) is 2.41. The molecule has 3 fully saturated rings.